The molecule has 0 bridgehead atoms. The van der Waals surface area contributed by atoms with Crippen molar-refractivity contribution in [3.63, 3.8) is 0 Å². The summed E-state index contributed by atoms with van der Waals surface area (Å²) in [7, 11) is -3.65. The predicted molar refractivity (Wildman–Crippen MR) is 80.3 cm³/mol. The van der Waals surface area contributed by atoms with Gasteiger partial charge in [-0.1, -0.05) is 13.3 Å². The van der Waals surface area contributed by atoms with Crippen molar-refractivity contribution in [1.29, 1.82) is 0 Å². The van der Waals surface area contributed by atoms with Crippen LogP contribution in [0.4, 0.5) is 10.1 Å². The Labute approximate surface area is 127 Å². The van der Waals surface area contributed by atoms with Crippen LogP contribution in [0.3, 0.4) is 0 Å². The number of nitrogen functional groups attached to an aromatic ring is 1. The Morgan fingerprint density at radius 1 is 1.45 bits per heavy atom. The van der Waals surface area contributed by atoms with E-state index in [0.717, 1.165) is 31.7 Å². The van der Waals surface area contributed by atoms with Crippen LogP contribution in [0, 0.1) is 5.82 Å². The zero-order valence-corrected chi connectivity index (χ0v) is 13.7. The lowest BCUT2D eigenvalue weighted by atomic mass is 10.0. The van der Waals surface area contributed by atoms with Crippen molar-refractivity contribution in [2.24, 2.45) is 0 Å². The van der Waals surface area contributed by atoms with Crippen LogP contribution < -0.4 is 5.73 Å². The van der Waals surface area contributed by atoms with Gasteiger partial charge >= 0.3 is 0 Å². The van der Waals surface area contributed by atoms with Gasteiger partial charge in [-0.25, -0.2) is 12.8 Å². The number of rotatable bonds is 3. The largest absolute Gasteiger partial charge is 0.396 e. The Morgan fingerprint density at radius 2 is 2.15 bits per heavy atom. The van der Waals surface area contributed by atoms with Crippen molar-refractivity contribution < 1.29 is 12.8 Å². The normalized spacial score (nSPS) is 21.1. The molecule has 0 saturated carbocycles. The van der Waals surface area contributed by atoms with Crippen molar-refractivity contribution in [1.82, 2.24) is 4.31 Å². The van der Waals surface area contributed by atoms with Crippen LogP contribution >= 0.6 is 15.9 Å². The number of halogens is 2. The van der Waals surface area contributed by atoms with Crippen LogP contribution in [0.5, 0.6) is 0 Å². The third-order valence-electron chi connectivity index (χ3n) is 3.68. The summed E-state index contributed by atoms with van der Waals surface area (Å²) in [5.41, 5.74) is 5.35. The second-order valence-electron chi connectivity index (χ2n) is 4.98. The van der Waals surface area contributed by atoms with E-state index in [4.69, 9.17) is 5.73 Å². The first-order valence-electron chi connectivity index (χ1n) is 6.64. The highest BCUT2D eigenvalue weighted by molar-refractivity contribution is 9.10. The summed E-state index contributed by atoms with van der Waals surface area (Å²) in [6.45, 7) is 2.48. The molecule has 2 N–H and O–H groups in total. The van der Waals surface area contributed by atoms with Crippen molar-refractivity contribution in [2.45, 2.75) is 43.5 Å². The number of sulfonamides is 1. The van der Waals surface area contributed by atoms with Crippen molar-refractivity contribution in [3.8, 4) is 0 Å². The average molecular weight is 365 g/mol. The smallest absolute Gasteiger partial charge is 0.244 e. The fourth-order valence-corrected chi connectivity index (χ4v) is 5.35. The van der Waals surface area contributed by atoms with Crippen molar-refractivity contribution in [3.05, 3.63) is 22.4 Å². The highest BCUT2D eigenvalue weighted by Gasteiger charge is 2.34. The summed E-state index contributed by atoms with van der Waals surface area (Å²) < 4.78 is 40.6. The Balaban J connectivity index is 2.46. The molecule has 0 amide bonds. The van der Waals surface area contributed by atoms with E-state index >= 15 is 0 Å². The Hall–Kier alpha value is -0.660. The first kappa shape index (κ1) is 15.7. The molecule has 1 unspecified atom stereocenters. The Kier molecular flexibility index (Phi) is 4.71. The molecular formula is C13H18BrFN2O2S. The molecule has 1 fully saturated rings. The lowest BCUT2D eigenvalue weighted by molar-refractivity contribution is 0.246. The molecule has 1 aliphatic heterocycles. The van der Waals surface area contributed by atoms with E-state index < -0.39 is 15.8 Å². The minimum absolute atomic E-state index is 0.00641. The molecule has 1 aromatic carbocycles. The topological polar surface area (TPSA) is 63.4 Å². The van der Waals surface area contributed by atoms with E-state index in [2.05, 4.69) is 15.9 Å². The molecule has 20 heavy (non-hydrogen) atoms. The van der Waals surface area contributed by atoms with Crippen LogP contribution in [0.2, 0.25) is 0 Å². The predicted octanol–water partition coefficient (Wildman–Crippen LogP) is 3.12. The molecule has 0 radical (unpaired) electrons. The van der Waals surface area contributed by atoms with E-state index in [1.165, 1.54) is 10.4 Å². The van der Waals surface area contributed by atoms with E-state index in [0.29, 0.717) is 6.54 Å². The number of hydrogen-bond donors (Lipinski definition) is 1. The third kappa shape index (κ3) is 2.84. The quantitative estimate of drug-likeness (QED) is 0.838. The fraction of sp³-hybridized carbons (Fsp3) is 0.538. The molecule has 0 aliphatic carbocycles. The first-order valence-corrected chi connectivity index (χ1v) is 8.87. The van der Waals surface area contributed by atoms with E-state index in [9.17, 15) is 12.8 Å². The van der Waals surface area contributed by atoms with Gasteiger partial charge in [0.2, 0.25) is 10.0 Å². The average Bonchev–Trinajstić information content (AvgIpc) is 2.42. The van der Waals surface area contributed by atoms with Gasteiger partial charge in [0, 0.05) is 17.1 Å². The van der Waals surface area contributed by atoms with Gasteiger partial charge in [-0.2, -0.15) is 4.31 Å². The maximum atomic E-state index is 13.4. The number of anilines is 1. The lowest BCUT2D eigenvalue weighted by Crippen LogP contribution is -2.43. The van der Waals surface area contributed by atoms with Gasteiger partial charge in [-0.3, -0.25) is 0 Å². The number of benzene rings is 1. The van der Waals surface area contributed by atoms with Crippen LogP contribution in [0.25, 0.3) is 0 Å². The maximum Gasteiger partial charge on any atom is 0.244 e. The van der Waals surface area contributed by atoms with Crippen molar-refractivity contribution in [2.75, 3.05) is 12.3 Å². The Morgan fingerprint density at radius 3 is 2.80 bits per heavy atom. The monoisotopic (exact) mass is 364 g/mol. The molecular weight excluding hydrogens is 347 g/mol. The highest BCUT2D eigenvalue weighted by Crippen LogP contribution is 2.32. The van der Waals surface area contributed by atoms with Gasteiger partial charge in [0.1, 0.15) is 5.82 Å². The molecule has 0 aromatic heterocycles. The standard InChI is InChI=1S/C13H18BrFN2O2S/c1-2-9-5-3-4-6-17(9)20(18,19)13-8-12(16)11(15)7-10(13)14/h7-9H,2-6,16H2,1H3. The van der Waals surface area contributed by atoms with Gasteiger partial charge in [0.05, 0.1) is 10.6 Å². The zero-order chi connectivity index (χ0) is 14.9. The van der Waals surface area contributed by atoms with E-state index in [1.807, 2.05) is 6.92 Å². The molecule has 1 aliphatic rings. The summed E-state index contributed by atoms with van der Waals surface area (Å²) in [6, 6.07) is 2.30. The van der Waals surface area contributed by atoms with Crippen LogP contribution in [0.15, 0.2) is 21.5 Å². The molecule has 7 heteroatoms. The van der Waals surface area contributed by atoms with Crippen LogP contribution in [-0.2, 0) is 10.0 Å². The van der Waals surface area contributed by atoms with Gasteiger partial charge in [0.25, 0.3) is 0 Å². The minimum Gasteiger partial charge on any atom is -0.396 e. The summed E-state index contributed by atoms with van der Waals surface area (Å²) in [5, 5.41) is 0. The number of nitrogens with zero attached hydrogens (tertiary/aromatic N) is 1. The molecule has 1 saturated heterocycles. The zero-order valence-electron chi connectivity index (χ0n) is 11.3. The van der Waals surface area contributed by atoms with Gasteiger partial charge in [-0.15, -0.1) is 0 Å². The highest BCUT2D eigenvalue weighted by atomic mass is 79.9. The van der Waals surface area contributed by atoms with Gasteiger partial charge in [-0.05, 0) is 47.3 Å². The molecule has 4 nitrogen and oxygen atoms in total. The molecule has 1 aromatic rings. The number of nitrogens with two attached hydrogens (primary N) is 1. The van der Waals surface area contributed by atoms with Gasteiger partial charge in [0.15, 0.2) is 0 Å². The number of piperidine rings is 1. The summed E-state index contributed by atoms with van der Waals surface area (Å²) in [6.07, 6.45) is 3.53. The summed E-state index contributed by atoms with van der Waals surface area (Å²) in [4.78, 5) is 0.0387. The minimum atomic E-state index is -3.65. The number of hydrogen-bond acceptors (Lipinski definition) is 3. The molecule has 1 heterocycles. The second-order valence-corrected chi connectivity index (χ2v) is 7.69. The molecule has 0 spiro atoms. The molecule has 1 atom stereocenters. The van der Waals surface area contributed by atoms with Crippen LogP contribution in [0.1, 0.15) is 32.6 Å². The third-order valence-corrected chi connectivity index (χ3v) is 6.59. The lowest BCUT2D eigenvalue weighted by Gasteiger charge is -2.34. The maximum absolute atomic E-state index is 13.4. The molecule has 112 valence electrons. The van der Waals surface area contributed by atoms with E-state index in [-0.39, 0.29) is 21.1 Å². The summed E-state index contributed by atoms with van der Waals surface area (Å²) in [5.74, 6) is -0.624. The van der Waals surface area contributed by atoms with Gasteiger partial charge < -0.3 is 5.73 Å². The summed E-state index contributed by atoms with van der Waals surface area (Å²) >= 11 is 3.12. The van der Waals surface area contributed by atoms with E-state index in [1.54, 1.807) is 0 Å². The van der Waals surface area contributed by atoms with Crippen LogP contribution in [-0.4, -0.2) is 25.3 Å². The Bertz CT molecular complexity index is 607. The first-order chi connectivity index (χ1) is 9.37. The molecule has 2 rings (SSSR count). The van der Waals surface area contributed by atoms with Crippen molar-refractivity contribution >= 4 is 31.6 Å². The second kappa shape index (κ2) is 5.99. The fourth-order valence-electron chi connectivity index (χ4n) is 2.57. The SMILES string of the molecule is CCC1CCCCN1S(=O)(=O)c1cc(N)c(F)cc1Br.